The van der Waals surface area contributed by atoms with Gasteiger partial charge in [-0.05, 0) is 93.2 Å². The predicted octanol–water partition coefficient (Wildman–Crippen LogP) is 6.98. The van der Waals surface area contributed by atoms with Crippen molar-refractivity contribution in [1.29, 1.82) is 0 Å². The maximum absolute atomic E-state index is 13.3. The summed E-state index contributed by atoms with van der Waals surface area (Å²) in [6.07, 6.45) is 10.4. The van der Waals surface area contributed by atoms with E-state index >= 15 is 0 Å². The Balaban J connectivity index is 0.937. The Morgan fingerprint density at radius 3 is 2.42 bits per heavy atom. The summed E-state index contributed by atoms with van der Waals surface area (Å²) in [5.41, 5.74) is 2.33. The lowest BCUT2D eigenvalue weighted by Gasteiger charge is -2.57. The van der Waals surface area contributed by atoms with E-state index in [1.165, 1.54) is 38.4 Å². The van der Waals surface area contributed by atoms with Crippen LogP contribution in [0.15, 0.2) is 48.8 Å². The van der Waals surface area contributed by atoms with Gasteiger partial charge in [0.15, 0.2) is 0 Å². The first-order valence-corrected chi connectivity index (χ1v) is 15.0. The van der Waals surface area contributed by atoms with E-state index in [1.807, 2.05) is 42.5 Å². The number of hydrogen-bond acceptors (Lipinski definition) is 7. The molecule has 0 radical (unpaired) electrons. The minimum absolute atomic E-state index is 0.0126. The van der Waals surface area contributed by atoms with Gasteiger partial charge in [0.1, 0.15) is 12.1 Å². The van der Waals surface area contributed by atoms with E-state index in [1.54, 1.807) is 0 Å². The molecule has 1 aromatic heterocycles. The fraction of sp³-hybridized carbons (Fsp3) is 0.516. The number of anilines is 3. The van der Waals surface area contributed by atoms with Gasteiger partial charge in [-0.25, -0.2) is 9.97 Å². The number of aromatic nitrogens is 2. The van der Waals surface area contributed by atoms with Crippen molar-refractivity contribution in [1.82, 2.24) is 9.97 Å². The Morgan fingerprint density at radius 2 is 1.68 bits per heavy atom. The number of carbonyl (C=O) groups is 1. The molecule has 2 heterocycles. The maximum Gasteiger partial charge on any atom is 0.227 e. The van der Waals surface area contributed by atoms with Crippen molar-refractivity contribution in [3.63, 3.8) is 0 Å². The van der Waals surface area contributed by atoms with E-state index in [4.69, 9.17) is 26.1 Å². The number of benzene rings is 2. The topological polar surface area (TPSA) is 94.6 Å². The molecule has 5 saturated carbocycles. The van der Waals surface area contributed by atoms with Gasteiger partial charge in [0.2, 0.25) is 17.5 Å². The summed E-state index contributed by atoms with van der Waals surface area (Å²) in [4.78, 5) is 34.3. The van der Waals surface area contributed by atoms with Crippen molar-refractivity contribution >= 4 is 45.6 Å². The predicted molar refractivity (Wildman–Crippen MR) is 151 cm³/mol. The molecule has 2 N–H and O–H groups in total. The third kappa shape index (κ3) is 4.19. The summed E-state index contributed by atoms with van der Waals surface area (Å²) in [6.45, 7) is 0. The summed E-state index contributed by atoms with van der Waals surface area (Å²) in [5.74, 6) is 1.83. The largest absolute Gasteiger partial charge is 0.340 e. The second-order valence-corrected chi connectivity index (χ2v) is 13.0. The molecule has 2 spiro atoms. The Kier molecular flexibility index (Phi) is 5.85. The number of rotatable bonds is 4. The molecule has 2 aromatic carbocycles. The van der Waals surface area contributed by atoms with Gasteiger partial charge in [0, 0.05) is 52.4 Å². The van der Waals surface area contributed by atoms with E-state index in [9.17, 15) is 4.79 Å². The smallest absolute Gasteiger partial charge is 0.227 e. The molecule has 3 aromatic rings. The van der Waals surface area contributed by atoms with E-state index in [2.05, 4.69) is 20.6 Å². The van der Waals surface area contributed by atoms with Gasteiger partial charge in [-0.3, -0.25) is 4.79 Å². The van der Waals surface area contributed by atoms with Gasteiger partial charge in [0.05, 0.1) is 5.52 Å². The van der Waals surface area contributed by atoms with Crippen LogP contribution in [0, 0.1) is 29.6 Å². The first-order chi connectivity index (χ1) is 19.5. The minimum atomic E-state index is -0.715. The number of carbonyl (C=O) groups excluding carboxylic acids is 1. The summed E-state index contributed by atoms with van der Waals surface area (Å²) >= 11 is 6.15. The van der Waals surface area contributed by atoms with Gasteiger partial charge >= 0.3 is 0 Å². The molecule has 8 nitrogen and oxygen atoms in total. The number of nitrogens with zero attached hydrogens (tertiary/aromatic N) is 2. The summed E-state index contributed by atoms with van der Waals surface area (Å²) in [6, 6.07) is 13.2. The van der Waals surface area contributed by atoms with Crippen LogP contribution in [0.1, 0.15) is 57.8 Å². The molecular weight excluding hydrogens is 528 g/mol. The zero-order valence-corrected chi connectivity index (χ0v) is 23.0. The van der Waals surface area contributed by atoms with Crippen molar-refractivity contribution in [2.45, 2.75) is 69.4 Å². The van der Waals surface area contributed by atoms with Gasteiger partial charge in [-0.15, -0.1) is 0 Å². The van der Waals surface area contributed by atoms with Crippen molar-refractivity contribution in [3.05, 3.63) is 53.8 Å². The molecule has 6 fully saturated rings. The minimum Gasteiger partial charge on any atom is -0.340 e. The van der Waals surface area contributed by atoms with Crippen LogP contribution in [0.25, 0.3) is 10.9 Å². The number of amides is 1. The zero-order chi connectivity index (χ0) is 26.9. The molecule has 1 saturated heterocycles. The molecule has 0 atom stereocenters. The van der Waals surface area contributed by atoms with Crippen LogP contribution in [-0.4, -0.2) is 27.4 Å². The number of nitrogens with one attached hydrogen (secondary N) is 2. The van der Waals surface area contributed by atoms with Gasteiger partial charge < -0.3 is 15.4 Å². The van der Waals surface area contributed by atoms with Crippen molar-refractivity contribution in [2.75, 3.05) is 10.6 Å². The van der Waals surface area contributed by atoms with E-state index in [-0.39, 0.29) is 11.8 Å². The highest BCUT2D eigenvalue weighted by molar-refractivity contribution is 6.30. The van der Waals surface area contributed by atoms with Crippen LogP contribution >= 0.6 is 11.6 Å². The second-order valence-electron chi connectivity index (χ2n) is 12.6. The third-order valence-electron chi connectivity index (χ3n) is 10.1. The average Bonchev–Trinajstić information content (AvgIpc) is 3.32. The maximum atomic E-state index is 13.3. The molecule has 208 valence electrons. The number of halogens is 1. The standard InChI is InChI=1S/C31H33ClN4O4/c32-23-2-1-3-24(15-23)35-28-26-16-25(4-5-27(26)33-17-34-28)36-29(37)20-6-8-30(9-7-20)38-31(40-39-30)21-11-18-10-19(13-21)14-22(31)12-18/h1-5,15-22H,6-14H2,(H,36,37)(H,33,34,35). The molecule has 5 aliphatic carbocycles. The lowest BCUT2D eigenvalue weighted by atomic mass is 9.53. The SMILES string of the molecule is O=C(Nc1ccc2ncnc(Nc3cccc(Cl)c3)c2c1)C1CCC2(CC1)OOC1(O2)C2CC3CC(C2)CC1C3. The number of ether oxygens (including phenoxy) is 1. The Morgan fingerprint density at radius 1 is 0.900 bits per heavy atom. The fourth-order valence-corrected chi connectivity index (χ4v) is 8.49. The molecule has 0 unspecified atom stereocenters. The zero-order valence-electron chi connectivity index (χ0n) is 22.3. The molecule has 1 amide bonds. The molecular formula is C31H33ClN4O4. The summed E-state index contributed by atoms with van der Waals surface area (Å²) < 4.78 is 6.81. The normalized spacial score (nSPS) is 36.0. The highest BCUT2D eigenvalue weighted by atomic mass is 35.5. The van der Waals surface area contributed by atoms with E-state index in [0.717, 1.165) is 28.4 Å². The van der Waals surface area contributed by atoms with Crippen LogP contribution in [0.2, 0.25) is 5.02 Å². The van der Waals surface area contributed by atoms with Crippen molar-refractivity contribution < 1.29 is 19.3 Å². The lowest BCUT2D eigenvalue weighted by Crippen LogP contribution is -2.59. The van der Waals surface area contributed by atoms with Crippen LogP contribution in [0.4, 0.5) is 17.2 Å². The molecule has 6 aliphatic rings. The van der Waals surface area contributed by atoms with E-state index < -0.39 is 11.6 Å². The van der Waals surface area contributed by atoms with Gasteiger partial charge in [0.25, 0.3) is 0 Å². The summed E-state index contributed by atoms with van der Waals surface area (Å²) in [5, 5.41) is 7.89. The van der Waals surface area contributed by atoms with Crippen molar-refractivity contribution in [2.24, 2.45) is 29.6 Å². The molecule has 4 bridgehead atoms. The molecule has 9 heteroatoms. The molecule has 9 rings (SSSR count). The molecule has 40 heavy (non-hydrogen) atoms. The number of hydrogen-bond donors (Lipinski definition) is 2. The Bertz CT molecular complexity index is 1440. The molecule has 1 aliphatic heterocycles. The van der Waals surface area contributed by atoms with Crippen LogP contribution < -0.4 is 10.6 Å². The Labute approximate surface area is 238 Å². The Hall–Kier alpha value is -2.78. The van der Waals surface area contributed by atoms with Gasteiger partial charge in [-0.2, -0.15) is 9.78 Å². The third-order valence-corrected chi connectivity index (χ3v) is 10.3. The van der Waals surface area contributed by atoms with Gasteiger partial charge in [-0.1, -0.05) is 17.7 Å². The first kappa shape index (κ1) is 25.0. The van der Waals surface area contributed by atoms with Crippen molar-refractivity contribution in [3.8, 4) is 0 Å². The number of fused-ring (bicyclic) bond motifs is 1. The lowest BCUT2D eigenvalue weighted by molar-refractivity contribution is -0.390. The second kappa shape index (κ2) is 9.38. The summed E-state index contributed by atoms with van der Waals surface area (Å²) in [7, 11) is 0. The fourth-order valence-electron chi connectivity index (χ4n) is 8.30. The van der Waals surface area contributed by atoms with E-state index in [0.29, 0.717) is 54.0 Å². The van der Waals surface area contributed by atoms with Crippen LogP contribution in [-0.2, 0) is 19.3 Å². The average molecular weight is 561 g/mol. The van der Waals surface area contributed by atoms with Crippen LogP contribution in [0.5, 0.6) is 0 Å². The highest BCUT2D eigenvalue weighted by Crippen LogP contribution is 2.63. The monoisotopic (exact) mass is 560 g/mol. The quantitative estimate of drug-likeness (QED) is 0.332. The highest BCUT2D eigenvalue weighted by Gasteiger charge is 2.66. The first-order valence-electron chi connectivity index (χ1n) is 14.6. The van der Waals surface area contributed by atoms with Crippen LogP contribution in [0.3, 0.4) is 0 Å².